The minimum Gasteiger partial charge on any atom is -0.478 e. The number of nitrogens with one attached hydrogen (secondary N) is 1. The van der Waals surface area contributed by atoms with E-state index in [1.165, 1.54) is 5.56 Å². The van der Waals surface area contributed by atoms with E-state index >= 15 is 0 Å². The minimum absolute atomic E-state index is 0. The average Bonchev–Trinajstić information content (AvgIpc) is 2.33. The van der Waals surface area contributed by atoms with E-state index in [2.05, 4.69) is 17.1 Å². The van der Waals surface area contributed by atoms with Crippen molar-refractivity contribution in [3.63, 3.8) is 0 Å². The van der Waals surface area contributed by atoms with Crippen LogP contribution in [0.2, 0.25) is 0 Å². The Kier molecular flexibility index (Phi) is 5.59. The van der Waals surface area contributed by atoms with Gasteiger partial charge in [0, 0.05) is 32.2 Å². The van der Waals surface area contributed by atoms with Gasteiger partial charge in [-0.1, -0.05) is 12.1 Å². The Bertz CT molecular complexity index is 394. The monoisotopic (exact) mass is 270 g/mol. The molecule has 100 valence electrons. The normalized spacial score (nSPS) is 20.2. The molecule has 4 nitrogen and oxygen atoms in total. The molecule has 0 bridgehead atoms. The van der Waals surface area contributed by atoms with Gasteiger partial charge in [-0.05, 0) is 24.6 Å². The number of benzene rings is 1. The largest absolute Gasteiger partial charge is 0.478 e. The van der Waals surface area contributed by atoms with Crippen molar-refractivity contribution in [3.05, 3.63) is 35.4 Å². The molecule has 0 aliphatic carbocycles. The predicted octanol–water partition coefficient (Wildman–Crippen LogP) is 1.60. The van der Waals surface area contributed by atoms with Crippen molar-refractivity contribution < 1.29 is 9.90 Å². The molecule has 2 N–H and O–H groups in total. The third kappa shape index (κ3) is 3.70. The second-order valence-corrected chi connectivity index (χ2v) is 4.53. The second-order valence-electron chi connectivity index (χ2n) is 4.53. The lowest BCUT2D eigenvalue weighted by Gasteiger charge is -2.33. The third-order valence-corrected chi connectivity index (χ3v) is 3.23. The van der Waals surface area contributed by atoms with E-state index in [0.29, 0.717) is 11.6 Å². The number of carboxylic acids is 1. The number of carboxylic acid groups (broad SMARTS) is 1. The van der Waals surface area contributed by atoms with E-state index in [1.807, 2.05) is 12.1 Å². The van der Waals surface area contributed by atoms with E-state index in [4.69, 9.17) is 5.11 Å². The fraction of sp³-hybridized carbons (Fsp3) is 0.462. The molecular formula is C13H19ClN2O2. The highest BCUT2D eigenvalue weighted by Crippen LogP contribution is 2.11. The average molecular weight is 271 g/mol. The molecule has 1 aromatic carbocycles. The van der Waals surface area contributed by atoms with Crippen LogP contribution in [0.4, 0.5) is 0 Å². The van der Waals surface area contributed by atoms with Gasteiger partial charge in [-0.15, -0.1) is 12.4 Å². The maximum absolute atomic E-state index is 10.7. The lowest BCUT2D eigenvalue weighted by Crippen LogP contribution is -2.49. The van der Waals surface area contributed by atoms with E-state index in [0.717, 1.165) is 26.2 Å². The van der Waals surface area contributed by atoms with E-state index in [9.17, 15) is 4.79 Å². The first-order valence-electron chi connectivity index (χ1n) is 5.94. The summed E-state index contributed by atoms with van der Waals surface area (Å²) in [5.41, 5.74) is 1.52. The summed E-state index contributed by atoms with van der Waals surface area (Å²) in [4.78, 5) is 13.1. The number of halogens is 1. The number of hydrogen-bond donors (Lipinski definition) is 2. The lowest BCUT2D eigenvalue weighted by molar-refractivity contribution is 0.0697. The van der Waals surface area contributed by atoms with Crippen LogP contribution in [0.5, 0.6) is 0 Å². The Hall–Kier alpha value is -1.10. The van der Waals surface area contributed by atoms with Crippen molar-refractivity contribution in [2.75, 3.05) is 19.6 Å². The highest BCUT2D eigenvalue weighted by molar-refractivity contribution is 5.87. The van der Waals surface area contributed by atoms with Crippen molar-refractivity contribution in [1.29, 1.82) is 0 Å². The van der Waals surface area contributed by atoms with E-state index in [1.54, 1.807) is 12.1 Å². The van der Waals surface area contributed by atoms with Crippen LogP contribution in [0.25, 0.3) is 0 Å². The zero-order valence-electron chi connectivity index (χ0n) is 10.4. The van der Waals surface area contributed by atoms with Crippen LogP contribution in [0.1, 0.15) is 22.8 Å². The van der Waals surface area contributed by atoms with Gasteiger partial charge in [0.05, 0.1) is 5.56 Å². The zero-order valence-corrected chi connectivity index (χ0v) is 11.2. The molecule has 1 aliphatic heterocycles. The summed E-state index contributed by atoms with van der Waals surface area (Å²) in [7, 11) is 0. The highest BCUT2D eigenvalue weighted by Gasteiger charge is 2.17. The van der Waals surface area contributed by atoms with Gasteiger partial charge in [-0.3, -0.25) is 4.90 Å². The molecule has 1 aliphatic rings. The van der Waals surface area contributed by atoms with Crippen LogP contribution in [0, 0.1) is 0 Å². The number of aromatic carboxylic acids is 1. The number of rotatable bonds is 3. The molecule has 18 heavy (non-hydrogen) atoms. The molecule has 0 aromatic heterocycles. The van der Waals surface area contributed by atoms with Crippen molar-refractivity contribution >= 4 is 18.4 Å². The number of hydrogen-bond acceptors (Lipinski definition) is 3. The Morgan fingerprint density at radius 1 is 1.44 bits per heavy atom. The van der Waals surface area contributed by atoms with Crippen molar-refractivity contribution in [2.24, 2.45) is 0 Å². The Balaban J connectivity index is 0.00000162. The Morgan fingerprint density at radius 3 is 2.67 bits per heavy atom. The van der Waals surface area contributed by atoms with Crippen LogP contribution in [0.15, 0.2) is 24.3 Å². The van der Waals surface area contributed by atoms with Gasteiger partial charge < -0.3 is 10.4 Å². The van der Waals surface area contributed by atoms with Gasteiger partial charge in [0.2, 0.25) is 0 Å². The van der Waals surface area contributed by atoms with Crippen LogP contribution in [-0.2, 0) is 6.54 Å². The summed E-state index contributed by atoms with van der Waals surface area (Å²) in [6.45, 7) is 6.19. The molecule has 1 aromatic rings. The maximum atomic E-state index is 10.7. The SMILES string of the molecule is CC1CNCCN1Cc1ccc(C(=O)O)cc1.Cl. The smallest absolute Gasteiger partial charge is 0.335 e. The Morgan fingerprint density at radius 2 is 2.11 bits per heavy atom. The molecule has 0 spiro atoms. The first kappa shape index (κ1) is 15.0. The van der Waals surface area contributed by atoms with Crippen molar-refractivity contribution in [2.45, 2.75) is 19.5 Å². The van der Waals surface area contributed by atoms with Gasteiger partial charge in [-0.25, -0.2) is 4.79 Å². The number of carbonyl (C=O) groups is 1. The molecule has 1 unspecified atom stereocenters. The molecule has 1 heterocycles. The van der Waals surface area contributed by atoms with Crippen LogP contribution in [-0.4, -0.2) is 41.7 Å². The van der Waals surface area contributed by atoms with E-state index < -0.39 is 5.97 Å². The highest BCUT2D eigenvalue weighted by atomic mass is 35.5. The van der Waals surface area contributed by atoms with Crippen LogP contribution < -0.4 is 5.32 Å². The Labute approximate surface area is 113 Å². The fourth-order valence-corrected chi connectivity index (χ4v) is 2.11. The van der Waals surface area contributed by atoms with Gasteiger partial charge in [-0.2, -0.15) is 0 Å². The molecule has 1 atom stereocenters. The standard InChI is InChI=1S/C13H18N2O2.ClH/c1-10-8-14-6-7-15(10)9-11-2-4-12(5-3-11)13(16)17;/h2-5,10,14H,6-9H2,1H3,(H,16,17);1H. The molecule has 1 fully saturated rings. The van der Waals surface area contributed by atoms with Crippen molar-refractivity contribution in [1.82, 2.24) is 10.2 Å². The lowest BCUT2D eigenvalue weighted by atomic mass is 10.1. The summed E-state index contributed by atoms with van der Waals surface area (Å²) >= 11 is 0. The molecule has 1 saturated heterocycles. The molecule has 0 amide bonds. The predicted molar refractivity (Wildman–Crippen MR) is 73.4 cm³/mol. The summed E-state index contributed by atoms with van der Waals surface area (Å²) in [5.74, 6) is -0.868. The van der Waals surface area contributed by atoms with Crippen LogP contribution >= 0.6 is 12.4 Å². The molecular weight excluding hydrogens is 252 g/mol. The number of nitrogens with zero attached hydrogens (tertiary/aromatic N) is 1. The molecule has 0 saturated carbocycles. The van der Waals surface area contributed by atoms with Crippen molar-refractivity contribution in [3.8, 4) is 0 Å². The maximum Gasteiger partial charge on any atom is 0.335 e. The fourth-order valence-electron chi connectivity index (χ4n) is 2.11. The van der Waals surface area contributed by atoms with E-state index in [-0.39, 0.29) is 12.4 Å². The number of piperazine rings is 1. The topological polar surface area (TPSA) is 52.6 Å². The van der Waals surface area contributed by atoms with Gasteiger partial charge in [0.1, 0.15) is 0 Å². The zero-order chi connectivity index (χ0) is 12.3. The van der Waals surface area contributed by atoms with Crippen LogP contribution in [0.3, 0.4) is 0 Å². The summed E-state index contributed by atoms with van der Waals surface area (Å²) in [6, 6.07) is 7.67. The molecule has 2 rings (SSSR count). The minimum atomic E-state index is -0.868. The molecule has 5 heteroatoms. The van der Waals surface area contributed by atoms with Gasteiger partial charge in [0.15, 0.2) is 0 Å². The first-order valence-corrected chi connectivity index (χ1v) is 5.94. The summed E-state index contributed by atoms with van der Waals surface area (Å²) < 4.78 is 0. The van der Waals surface area contributed by atoms with Gasteiger partial charge in [0.25, 0.3) is 0 Å². The molecule has 0 radical (unpaired) electrons. The summed E-state index contributed by atoms with van der Waals surface area (Å²) in [6.07, 6.45) is 0. The second kappa shape index (κ2) is 6.73. The quantitative estimate of drug-likeness (QED) is 0.876. The first-order chi connectivity index (χ1) is 8.16. The third-order valence-electron chi connectivity index (χ3n) is 3.23. The van der Waals surface area contributed by atoms with Gasteiger partial charge >= 0.3 is 5.97 Å². The summed E-state index contributed by atoms with van der Waals surface area (Å²) in [5, 5.41) is 12.2.